The van der Waals surface area contributed by atoms with Gasteiger partial charge in [0.1, 0.15) is 17.2 Å². The fourth-order valence-corrected chi connectivity index (χ4v) is 3.76. The molecule has 1 aliphatic rings. The Labute approximate surface area is 178 Å². The van der Waals surface area contributed by atoms with Gasteiger partial charge >= 0.3 is 0 Å². The maximum Gasteiger partial charge on any atom is 0.272 e. The van der Waals surface area contributed by atoms with Crippen LogP contribution >= 0.6 is 0 Å². The molecule has 1 fully saturated rings. The number of rotatable bonds is 4. The summed E-state index contributed by atoms with van der Waals surface area (Å²) in [5, 5.41) is 23.2. The number of nitrogens with zero attached hydrogens (tertiary/aromatic N) is 7. The number of pyridine rings is 1. The summed E-state index contributed by atoms with van der Waals surface area (Å²) >= 11 is 0. The fraction of sp³-hybridized carbons (Fsp3) is 0.250. The lowest BCUT2D eigenvalue weighted by Gasteiger charge is -2.33. The Morgan fingerprint density at radius 1 is 1.09 bits per heavy atom. The normalized spacial score (nSPS) is 15.9. The minimum atomic E-state index is -2.67. The van der Waals surface area contributed by atoms with Crippen LogP contribution in [0.4, 0.5) is 24.7 Å². The Kier molecular flexibility index (Phi) is 4.57. The first-order valence-electron chi connectivity index (χ1n) is 9.78. The number of hydrogen-bond donors (Lipinski definition) is 0. The summed E-state index contributed by atoms with van der Waals surface area (Å²) in [6, 6.07) is 8.64. The number of hydrogen-bond acceptors (Lipinski definition) is 6. The number of anilines is 1. The molecule has 0 radical (unpaired) electrons. The van der Waals surface area contributed by atoms with Crippen molar-refractivity contribution in [1.29, 1.82) is 0 Å². The topological polar surface area (TPSA) is 94.4 Å². The molecule has 0 atom stereocenters. The predicted molar refractivity (Wildman–Crippen MR) is 109 cm³/mol. The third kappa shape index (κ3) is 3.53. The van der Waals surface area contributed by atoms with Gasteiger partial charge in [-0.25, -0.2) is 22.4 Å². The van der Waals surface area contributed by atoms with E-state index in [2.05, 4.69) is 15.4 Å². The third-order valence-electron chi connectivity index (χ3n) is 5.47. The zero-order chi connectivity index (χ0) is 22.5. The smallest absolute Gasteiger partial charge is 0.272 e. The molecule has 1 aliphatic heterocycles. The fourth-order valence-electron chi connectivity index (χ4n) is 3.76. The van der Waals surface area contributed by atoms with Crippen molar-refractivity contribution in [2.75, 3.05) is 18.0 Å². The lowest BCUT2D eigenvalue weighted by atomic mass is 10.1. The Bertz CT molecular complexity index is 1320. The van der Waals surface area contributed by atoms with E-state index in [-0.39, 0.29) is 37.3 Å². The predicted octanol–water partition coefficient (Wildman–Crippen LogP) is 3.86. The highest BCUT2D eigenvalue weighted by Crippen LogP contribution is 2.33. The summed E-state index contributed by atoms with van der Waals surface area (Å²) in [6.45, 7) is 0.373. The first-order valence-corrected chi connectivity index (χ1v) is 9.78. The summed E-state index contributed by atoms with van der Waals surface area (Å²) in [6.07, 6.45) is 2.63. The molecule has 32 heavy (non-hydrogen) atoms. The largest absolute Gasteiger partial charge is 0.356 e. The summed E-state index contributed by atoms with van der Waals surface area (Å²) in [4.78, 5) is 12.0. The van der Waals surface area contributed by atoms with Crippen molar-refractivity contribution in [3.8, 4) is 16.9 Å². The van der Waals surface area contributed by atoms with Crippen molar-refractivity contribution in [3.63, 3.8) is 0 Å². The van der Waals surface area contributed by atoms with Crippen LogP contribution in [0.15, 0.2) is 48.8 Å². The molecule has 164 valence electrons. The van der Waals surface area contributed by atoms with E-state index in [9.17, 15) is 23.3 Å². The number of nitro groups is 1. The molecular formula is C20H16F3N7O2. The quantitative estimate of drug-likeness (QED) is 0.351. The molecule has 9 nitrogen and oxygen atoms in total. The van der Waals surface area contributed by atoms with E-state index in [1.165, 1.54) is 23.0 Å². The Hall–Kier alpha value is -3.96. The van der Waals surface area contributed by atoms with Gasteiger partial charge < -0.3 is 4.90 Å². The van der Waals surface area contributed by atoms with Crippen LogP contribution in [0.1, 0.15) is 12.8 Å². The maximum atomic E-state index is 14.4. The number of nitro benzene ring substituents is 1. The highest BCUT2D eigenvalue weighted by atomic mass is 19.3. The van der Waals surface area contributed by atoms with Crippen molar-refractivity contribution < 1.29 is 18.1 Å². The van der Waals surface area contributed by atoms with Crippen LogP contribution in [-0.4, -0.2) is 48.5 Å². The first kappa shape index (κ1) is 20.0. The van der Waals surface area contributed by atoms with Crippen LogP contribution in [0, 0.1) is 15.9 Å². The van der Waals surface area contributed by atoms with Crippen molar-refractivity contribution in [1.82, 2.24) is 24.6 Å². The van der Waals surface area contributed by atoms with Crippen LogP contribution in [0.3, 0.4) is 0 Å². The van der Waals surface area contributed by atoms with Gasteiger partial charge in [-0.1, -0.05) is 5.21 Å². The molecule has 1 saturated heterocycles. The molecule has 4 aromatic rings. The highest BCUT2D eigenvalue weighted by Gasteiger charge is 2.34. The van der Waals surface area contributed by atoms with Gasteiger partial charge in [-0.2, -0.15) is 5.10 Å². The number of alkyl halides is 2. The summed E-state index contributed by atoms with van der Waals surface area (Å²) < 4.78 is 44.5. The minimum Gasteiger partial charge on any atom is -0.356 e. The van der Waals surface area contributed by atoms with Gasteiger partial charge in [-0.15, -0.1) is 5.10 Å². The molecule has 0 bridgehead atoms. The van der Waals surface area contributed by atoms with Crippen LogP contribution in [0.25, 0.3) is 22.5 Å². The lowest BCUT2D eigenvalue weighted by Crippen LogP contribution is -2.40. The molecule has 0 saturated carbocycles. The molecule has 0 aliphatic carbocycles. The second-order valence-corrected chi connectivity index (χ2v) is 7.55. The number of aromatic nitrogens is 5. The van der Waals surface area contributed by atoms with Gasteiger partial charge in [-0.05, 0) is 24.3 Å². The molecule has 0 spiro atoms. The van der Waals surface area contributed by atoms with Crippen LogP contribution in [0.2, 0.25) is 0 Å². The number of piperidine rings is 1. The second kappa shape index (κ2) is 7.32. The number of fused-ring (bicyclic) bond motifs is 1. The average Bonchev–Trinajstić information content (AvgIpc) is 3.42. The molecule has 5 rings (SSSR count). The van der Waals surface area contributed by atoms with E-state index in [0.717, 1.165) is 11.6 Å². The second-order valence-electron chi connectivity index (χ2n) is 7.55. The summed E-state index contributed by atoms with van der Waals surface area (Å²) in [5.41, 5.74) is 1.47. The molecule has 3 aromatic heterocycles. The lowest BCUT2D eigenvalue weighted by molar-refractivity contribution is -0.385. The molecule has 0 unspecified atom stereocenters. The van der Waals surface area contributed by atoms with Crippen molar-refractivity contribution >= 4 is 17.0 Å². The van der Waals surface area contributed by atoms with Gasteiger partial charge in [-0.3, -0.25) is 10.1 Å². The van der Waals surface area contributed by atoms with Gasteiger partial charge in [0.25, 0.3) is 11.6 Å². The highest BCUT2D eigenvalue weighted by molar-refractivity contribution is 5.71. The molecule has 0 N–H and O–H groups in total. The van der Waals surface area contributed by atoms with Crippen LogP contribution in [-0.2, 0) is 0 Å². The Balaban J connectivity index is 1.51. The zero-order valence-corrected chi connectivity index (χ0v) is 16.5. The van der Waals surface area contributed by atoms with E-state index in [1.807, 2.05) is 11.0 Å². The first-order chi connectivity index (χ1) is 15.3. The van der Waals surface area contributed by atoms with E-state index in [4.69, 9.17) is 0 Å². The van der Waals surface area contributed by atoms with Crippen LogP contribution in [0.5, 0.6) is 0 Å². The molecule has 12 heteroatoms. The van der Waals surface area contributed by atoms with Gasteiger partial charge in [0, 0.05) is 37.6 Å². The maximum absolute atomic E-state index is 14.4. The molecular weight excluding hydrogens is 427 g/mol. The van der Waals surface area contributed by atoms with Crippen molar-refractivity contribution in [2.45, 2.75) is 18.8 Å². The van der Waals surface area contributed by atoms with E-state index in [0.29, 0.717) is 17.1 Å². The summed E-state index contributed by atoms with van der Waals surface area (Å²) in [5.74, 6) is -2.83. The molecule has 4 heterocycles. The van der Waals surface area contributed by atoms with Gasteiger partial charge in [0.15, 0.2) is 5.82 Å². The number of non-ortho nitro benzene ring substituents is 1. The van der Waals surface area contributed by atoms with E-state index in [1.54, 1.807) is 22.8 Å². The molecule has 1 aromatic carbocycles. The van der Waals surface area contributed by atoms with E-state index < -0.39 is 16.7 Å². The van der Waals surface area contributed by atoms with Crippen molar-refractivity contribution in [3.05, 3.63) is 64.7 Å². The SMILES string of the molecule is O=[N+]([O-])c1ccc(-n2cc(-c3cc(N4CCC(F)(F)CC4)n4nccc4c3)nn2)c(F)c1. The number of halogens is 3. The van der Waals surface area contributed by atoms with Gasteiger partial charge in [0.2, 0.25) is 0 Å². The summed E-state index contributed by atoms with van der Waals surface area (Å²) in [7, 11) is 0. The third-order valence-corrected chi connectivity index (χ3v) is 5.47. The van der Waals surface area contributed by atoms with Crippen molar-refractivity contribution in [2.24, 2.45) is 0 Å². The Morgan fingerprint density at radius 2 is 1.88 bits per heavy atom. The minimum absolute atomic E-state index is 0.0123. The zero-order valence-electron chi connectivity index (χ0n) is 16.5. The Morgan fingerprint density at radius 3 is 2.59 bits per heavy atom. The molecule has 0 amide bonds. The van der Waals surface area contributed by atoms with Gasteiger partial charge in [0.05, 0.1) is 28.9 Å². The average molecular weight is 443 g/mol. The van der Waals surface area contributed by atoms with Crippen LogP contribution < -0.4 is 4.90 Å². The monoisotopic (exact) mass is 443 g/mol. The number of benzene rings is 1. The van der Waals surface area contributed by atoms with E-state index >= 15 is 0 Å². The standard InChI is InChI=1S/C20H16F3N7O2/c21-16-11-15(30(31)32)1-2-18(16)28-12-17(25-26-28)13-9-14-3-6-24-29(14)19(10-13)27-7-4-20(22,23)5-8-27/h1-3,6,9-12H,4-5,7-8H2.